The third kappa shape index (κ3) is 4.54. The lowest BCUT2D eigenvalue weighted by Gasteiger charge is -2.34. The highest BCUT2D eigenvalue weighted by atomic mass is 32.1. The quantitative estimate of drug-likeness (QED) is 0.540. The van der Waals surface area contributed by atoms with E-state index in [1.165, 1.54) is 0 Å². The lowest BCUT2D eigenvalue weighted by atomic mass is 10.0. The van der Waals surface area contributed by atoms with Gasteiger partial charge in [0.05, 0.1) is 11.0 Å². The van der Waals surface area contributed by atoms with Crippen molar-refractivity contribution in [2.75, 3.05) is 6.54 Å². The minimum Gasteiger partial charge on any atom is -0.356 e. The van der Waals surface area contributed by atoms with Gasteiger partial charge in [0.25, 0.3) is 0 Å². The molecule has 3 nitrogen and oxygen atoms in total. The Balaban J connectivity index is 2.40. The van der Waals surface area contributed by atoms with E-state index in [0.29, 0.717) is 19.3 Å². The molecular formula is C13H21NO2S. The summed E-state index contributed by atoms with van der Waals surface area (Å²) in [6.07, 6.45) is 6.75. The number of rotatable bonds is 6. The summed E-state index contributed by atoms with van der Waals surface area (Å²) in [7, 11) is 0. The second kappa shape index (κ2) is 7.54. The number of thiocarbonyl (C=S) groups is 1. The normalized spacial score (nSPS) is 20.1. The van der Waals surface area contributed by atoms with E-state index in [1.54, 1.807) is 0 Å². The van der Waals surface area contributed by atoms with Crippen LogP contribution in [-0.4, -0.2) is 34.5 Å². The minimum absolute atomic E-state index is 0.0578. The molecule has 1 fully saturated rings. The van der Waals surface area contributed by atoms with Crippen LogP contribution < -0.4 is 0 Å². The van der Waals surface area contributed by atoms with E-state index in [9.17, 15) is 9.59 Å². The van der Waals surface area contributed by atoms with Crippen molar-refractivity contribution in [3.63, 3.8) is 0 Å². The number of piperidine rings is 1. The molecule has 1 unspecified atom stereocenters. The zero-order valence-electron chi connectivity index (χ0n) is 10.5. The molecule has 0 saturated carbocycles. The van der Waals surface area contributed by atoms with Gasteiger partial charge in [0.2, 0.25) is 0 Å². The molecular weight excluding hydrogens is 234 g/mol. The van der Waals surface area contributed by atoms with Crippen LogP contribution in [0.3, 0.4) is 0 Å². The zero-order valence-corrected chi connectivity index (χ0v) is 11.3. The molecule has 0 aromatic heterocycles. The summed E-state index contributed by atoms with van der Waals surface area (Å²) >= 11 is 5.33. The average molecular weight is 255 g/mol. The molecule has 0 N–H and O–H groups in total. The number of hydrogen-bond donors (Lipinski definition) is 0. The Labute approximate surface area is 109 Å². The lowest BCUT2D eigenvalue weighted by Crippen LogP contribution is -2.43. The van der Waals surface area contributed by atoms with Crippen LogP contribution >= 0.6 is 12.2 Å². The van der Waals surface area contributed by atoms with Gasteiger partial charge in [-0.2, -0.15) is 0 Å². The first-order valence-corrected chi connectivity index (χ1v) is 6.86. The van der Waals surface area contributed by atoms with E-state index in [4.69, 9.17) is 12.2 Å². The number of hydrogen-bond acceptors (Lipinski definition) is 3. The molecule has 0 aromatic rings. The first-order chi connectivity index (χ1) is 8.19. The molecule has 1 aliphatic heterocycles. The Bertz CT molecular complexity index is 291. The number of Topliss-reactive ketones (excluding diaryl/α,β-unsaturated/α-hetero) is 1. The molecule has 0 radical (unpaired) electrons. The van der Waals surface area contributed by atoms with E-state index in [-0.39, 0.29) is 11.8 Å². The molecule has 1 rings (SSSR count). The average Bonchev–Trinajstić information content (AvgIpc) is 2.36. The lowest BCUT2D eigenvalue weighted by molar-refractivity contribution is -0.119. The van der Waals surface area contributed by atoms with Gasteiger partial charge in [-0.05, 0) is 25.7 Å². The molecule has 1 aliphatic rings. The molecule has 0 amide bonds. The smallest absolute Gasteiger partial charge is 0.142 e. The predicted molar refractivity (Wildman–Crippen MR) is 72.2 cm³/mol. The van der Waals surface area contributed by atoms with Crippen LogP contribution in [-0.2, 0) is 9.59 Å². The van der Waals surface area contributed by atoms with Crippen molar-refractivity contribution >= 4 is 29.3 Å². The van der Waals surface area contributed by atoms with Gasteiger partial charge >= 0.3 is 0 Å². The van der Waals surface area contributed by atoms with Crippen LogP contribution in [0.2, 0.25) is 0 Å². The summed E-state index contributed by atoms with van der Waals surface area (Å²) < 4.78 is 0. The summed E-state index contributed by atoms with van der Waals surface area (Å²) in [5.74, 6) is 0.273. The number of ketones is 1. The van der Waals surface area contributed by atoms with Gasteiger partial charge in [-0.15, -0.1) is 0 Å². The second-order valence-corrected chi connectivity index (χ2v) is 5.05. The summed E-state index contributed by atoms with van der Waals surface area (Å²) in [5, 5.41) is 0. The van der Waals surface area contributed by atoms with Crippen LogP contribution in [0, 0.1) is 0 Å². The van der Waals surface area contributed by atoms with Crippen molar-refractivity contribution < 1.29 is 9.59 Å². The first-order valence-electron chi connectivity index (χ1n) is 6.45. The van der Waals surface area contributed by atoms with Gasteiger partial charge in [-0.3, -0.25) is 4.79 Å². The summed E-state index contributed by atoms with van der Waals surface area (Å²) in [6, 6.07) is -0.0578. The van der Waals surface area contributed by atoms with Gasteiger partial charge in [-0.25, -0.2) is 0 Å². The third-order valence-corrected chi connectivity index (χ3v) is 3.61. The van der Waals surface area contributed by atoms with Crippen molar-refractivity contribution in [1.82, 2.24) is 4.90 Å². The summed E-state index contributed by atoms with van der Waals surface area (Å²) in [4.78, 5) is 25.2. The van der Waals surface area contributed by atoms with Gasteiger partial charge in [-0.1, -0.05) is 19.1 Å². The maximum Gasteiger partial charge on any atom is 0.142 e. The van der Waals surface area contributed by atoms with E-state index >= 15 is 0 Å². The monoisotopic (exact) mass is 255 g/mol. The maximum atomic E-state index is 11.4. The van der Waals surface area contributed by atoms with Crippen LogP contribution in [0.4, 0.5) is 0 Å². The standard InChI is InChI=1S/C13H21NO2S/c1-2-5-12(16)7-8-13(17)14-9-4-3-6-11(14)10-15/h10-11H,2-9H2,1H3. The highest BCUT2D eigenvalue weighted by Crippen LogP contribution is 2.18. The fourth-order valence-electron chi connectivity index (χ4n) is 2.20. The SMILES string of the molecule is CCCC(=O)CCC(=S)N1CCCCC1C=O. The number of carbonyl (C=O) groups excluding carboxylic acids is 2. The minimum atomic E-state index is -0.0578. The van der Waals surface area contributed by atoms with E-state index in [2.05, 4.69) is 0 Å². The Morgan fingerprint density at radius 2 is 2.12 bits per heavy atom. The molecule has 0 aliphatic carbocycles. The molecule has 1 atom stereocenters. The zero-order chi connectivity index (χ0) is 12.7. The Hall–Kier alpha value is -0.770. The Morgan fingerprint density at radius 3 is 2.76 bits per heavy atom. The molecule has 1 heterocycles. The number of aldehydes is 1. The van der Waals surface area contributed by atoms with E-state index in [1.807, 2.05) is 11.8 Å². The molecule has 0 aromatic carbocycles. The number of nitrogens with zero attached hydrogens (tertiary/aromatic N) is 1. The number of likely N-dealkylation sites (tertiary alicyclic amines) is 1. The van der Waals surface area contributed by atoms with Crippen LogP contribution in [0.5, 0.6) is 0 Å². The molecule has 0 spiro atoms. The largest absolute Gasteiger partial charge is 0.356 e. The van der Waals surface area contributed by atoms with Crippen LogP contribution in [0.1, 0.15) is 51.9 Å². The number of carbonyl (C=O) groups is 2. The van der Waals surface area contributed by atoms with Crippen molar-refractivity contribution in [2.24, 2.45) is 0 Å². The second-order valence-electron chi connectivity index (χ2n) is 4.58. The summed E-state index contributed by atoms with van der Waals surface area (Å²) in [6.45, 7) is 2.87. The fraction of sp³-hybridized carbons (Fsp3) is 0.769. The molecule has 0 bridgehead atoms. The van der Waals surface area contributed by atoms with Crippen molar-refractivity contribution in [3.05, 3.63) is 0 Å². The highest BCUT2D eigenvalue weighted by Gasteiger charge is 2.23. The van der Waals surface area contributed by atoms with Gasteiger partial charge in [0, 0.05) is 25.8 Å². The molecule has 96 valence electrons. The molecule has 4 heteroatoms. The topological polar surface area (TPSA) is 37.4 Å². The predicted octanol–water partition coefficient (Wildman–Crippen LogP) is 2.52. The van der Waals surface area contributed by atoms with Gasteiger partial charge < -0.3 is 9.69 Å². The van der Waals surface area contributed by atoms with Crippen molar-refractivity contribution in [1.29, 1.82) is 0 Å². The van der Waals surface area contributed by atoms with Crippen LogP contribution in [0.25, 0.3) is 0 Å². The van der Waals surface area contributed by atoms with Crippen molar-refractivity contribution in [3.8, 4) is 0 Å². The first kappa shape index (κ1) is 14.3. The molecule has 1 saturated heterocycles. The summed E-state index contributed by atoms with van der Waals surface area (Å²) in [5.41, 5.74) is 0. The van der Waals surface area contributed by atoms with Gasteiger partial charge in [0.15, 0.2) is 0 Å². The van der Waals surface area contributed by atoms with E-state index in [0.717, 1.165) is 43.5 Å². The maximum absolute atomic E-state index is 11.4. The van der Waals surface area contributed by atoms with Crippen molar-refractivity contribution in [2.45, 2.75) is 57.9 Å². The Morgan fingerprint density at radius 1 is 1.35 bits per heavy atom. The Kier molecular flexibility index (Phi) is 6.34. The highest BCUT2D eigenvalue weighted by molar-refractivity contribution is 7.80. The van der Waals surface area contributed by atoms with E-state index < -0.39 is 0 Å². The van der Waals surface area contributed by atoms with Gasteiger partial charge in [0.1, 0.15) is 12.1 Å². The molecule has 17 heavy (non-hydrogen) atoms. The fourth-order valence-corrected chi connectivity index (χ4v) is 2.53. The van der Waals surface area contributed by atoms with Crippen LogP contribution in [0.15, 0.2) is 0 Å². The third-order valence-electron chi connectivity index (χ3n) is 3.17.